The van der Waals surface area contributed by atoms with Crippen LogP contribution in [0, 0.1) is 0 Å². The third kappa shape index (κ3) is 10.2. The first kappa shape index (κ1) is 34.2. The second kappa shape index (κ2) is 14.5. The van der Waals surface area contributed by atoms with Crippen LogP contribution in [0.4, 0.5) is 0 Å². The van der Waals surface area contributed by atoms with Gasteiger partial charge in [0.05, 0.1) is 6.20 Å². The lowest BCUT2D eigenvalue weighted by molar-refractivity contribution is -0.146. The summed E-state index contributed by atoms with van der Waals surface area (Å²) in [6.07, 6.45) is 1.21. The van der Waals surface area contributed by atoms with E-state index in [4.69, 9.17) is 9.84 Å². The lowest BCUT2D eigenvalue weighted by atomic mass is 10.0. The second-order valence-electron chi connectivity index (χ2n) is 11.9. The molecule has 0 radical (unpaired) electrons. The van der Waals surface area contributed by atoms with Gasteiger partial charge in [-0.1, -0.05) is 47.7 Å². The van der Waals surface area contributed by atoms with Crippen LogP contribution < -0.4 is 20.7 Å². The van der Waals surface area contributed by atoms with Gasteiger partial charge in [0.2, 0.25) is 11.8 Å². The van der Waals surface area contributed by atoms with E-state index in [1.807, 2.05) is 20.8 Å². The van der Waals surface area contributed by atoms with Crippen LogP contribution in [-0.4, -0.2) is 79.1 Å². The lowest BCUT2D eigenvalue weighted by Crippen LogP contribution is -2.55. The largest absolute Gasteiger partial charge is 0.488 e. The Balaban J connectivity index is 1.88. The molecule has 0 fully saturated rings. The molecule has 1 heterocycles. The number of hydrogen-bond acceptors (Lipinski definition) is 8. The second-order valence-corrected chi connectivity index (χ2v) is 11.9. The molecule has 14 heteroatoms. The fourth-order valence-corrected chi connectivity index (χ4v) is 4.08. The maximum atomic E-state index is 13.7. The minimum atomic E-state index is -1.49. The topological polar surface area (TPSA) is 202 Å². The Morgan fingerprint density at radius 1 is 0.822 bits per heavy atom. The molecule has 3 amide bonds. The highest BCUT2D eigenvalue weighted by Gasteiger charge is 2.33. The third-order valence-corrected chi connectivity index (χ3v) is 6.56. The Hall–Kier alpha value is -5.27. The zero-order valence-electron chi connectivity index (χ0n) is 25.7. The van der Waals surface area contributed by atoms with E-state index in [1.54, 1.807) is 54.6 Å². The third-order valence-electron chi connectivity index (χ3n) is 6.56. The molecule has 5 N–H and O–H groups in total. The number of ether oxygens (including phenoxy) is 1. The fourth-order valence-electron chi connectivity index (χ4n) is 4.08. The normalized spacial score (nSPS) is 12.8. The van der Waals surface area contributed by atoms with Gasteiger partial charge in [0.15, 0.2) is 11.2 Å². The summed E-state index contributed by atoms with van der Waals surface area (Å²) in [5.74, 6) is -4.08. The number of carboxylic acids is 2. The van der Waals surface area contributed by atoms with Crippen molar-refractivity contribution >= 4 is 29.7 Å². The minimum absolute atomic E-state index is 0.00305. The molecule has 0 saturated heterocycles. The first-order chi connectivity index (χ1) is 21.0. The van der Waals surface area contributed by atoms with Gasteiger partial charge < -0.3 is 30.9 Å². The molecule has 3 aromatic rings. The number of hydrogen-bond donors (Lipinski definition) is 5. The molecule has 45 heavy (non-hydrogen) atoms. The molecule has 3 rings (SSSR count). The minimum Gasteiger partial charge on any atom is -0.488 e. The molecular formula is C31H38N6O8. The van der Waals surface area contributed by atoms with E-state index >= 15 is 0 Å². The van der Waals surface area contributed by atoms with Crippen LogP contribution in [0.5, 0.6) is 5.75 Å². The summed E-state index contributed by atoms with van der Waals surface area (Å²) >= 11 is 0. The van der Waals surface area contributed by atoms with Gasteiger partial charge in [0.1, 0.15) is 30.0 Å². The van der Waals surface area contributed by atoms with Gasteiger partial charge in [-0.2, -0.15) is 0 Å². The number of carbonyl (C=O) groups is 5. The van der Waals surface area contributed by atoms with Gasteiger partial charge in [-0.15, -0.1) is 5.10 Å². The maximum Gasteiger partial charge on any atom is 0.331 e. The van der Waals surface area contributed by atoms with Crippen LogP contribution in [0.1, 0.15) is 56.2 Å². The van der Waals surface area contributed by atoms with Crippen molar-refractivity contribution in [1.82, 2.24) is 30.9 Å². The van der Waals surface area contributed by atoms with Crippen LogP contribution in [0.2, 0.25) is 0 Å². The highest BCUT2D eigenvalue weighted by molar-refractivity contribution is 5.97. The maximum absolute atomic E-state index is 13.7. The van der Waals surface area contributed by atoms with E-state index in [0.29, 0.717) is 16.9 Å². The fraction of sp³-hybridized carbons (Fsp3) is 0.387. The quantitative estimate of drug-likeness (QED) is 0.176. The Kier molecular flexibility index (Phi) is 11.0. The first-order valence-electron chi connectivity index (χ1n) is 14.1. The van der Waals surface area contributed by atoms with Crippen LogP contribution in [0.15, 0.2) is 60.8 Å². The summed E-state index contributed by atoms with van der Waals surface area (Å²) < 4.78 is 6.88. The highest BCUT2D eigenvalue weighted by atomic mass is 16.5. The van der Waals surface area contributed by atoms with Gasteiger partial charge in [0, 0.05) is 12.8 Å². The number of aromatic nitrogens is 3. The number of benzene rings is 2. The smallest absolute Gasteiger partial charge is 0.331 e. The van der Waals surface area contributed by atoms with Crippen molar-refractivity contribution in [3.05, 3.63) is 77.6 Å². The molecule has 2 atom stereocenters. The van der Waals surface area contributed by atoms with E-state index in [-0.39, 0.29) is 18.5 Å². The van der Waals surface area contributed by atoms with Crippen LogP contribution in [0.25, 0.3) is 0 Å². The van der Waals surface area contributed by atoms with Gasteiger partial charge in [-0.3, -0.25) is 19.2 Å². The van der Waals surface area contributed by atoms with Crippen molar-refractivity contribution in [2.24, 2.45) is 0 Å². The van der Waals surface area contributed by atoms with Gasteiger partial charge in [-0.25, -0.2) is 9.48 Å². The van der Waals surface area contributed by atoms with Gasteiger partial charge in [-0.05, 0) is 57.9 Å². The zero-order valence-corrected chi connectivity index (χ0v) is 25.7. The number of nitrogens with one attached hydrogen (secondary N) is 3. The number of rotatable bonds is 14. The van der Waals surface area contributed by atoms with Gasteiger partial charge in [0.25, 0.3) is 5.91 Å². The SMILES string of the molecule is CC(C)(C)Oc1ccc(C[C@H](NC(=O)c2cn(C(C)(C)C(=O)O)nn2)C(=O)N[C@@H](Cc2ccccc2)C(=O)NCC(=O)O)cc1. The molecule has 0 spiro atoms. The van der Waals surface area contributed by atoms with Crippen molar-refractivity contribution in [1.29, 1.82) is 0 Å². The zero-order chi connectivity index (χ0) is 33.4. The van der Waals surface area contributed by atoms with E-state index in [0.717, 1.165) is 10.9 Å². The number of amides is 3. The molecule has 0 saturated carbocycles. The van der Waals surface area contributed by atoms with Gasteiger partial charge >= 0.3 is 11.9 Å². The molecule has 1 aromatic heterocycles. The van der Waals surface area contributed by atoms with Crippen molar-refractivity contribution in [2.45, 2.75) is 70.7 Å². The summed E-state index contributed by atoms with van der Waals surface area (Å²) in [6, 6.07) is 13.4. The summed E-state index contributed by atoms with van der Waals surface area (Å²) in [7, 11) is 0. The standard InChI is InChI=1S/C31H38N6O8/c1-30(2,3)45-21-13-11-20(12-14-21)16-23(34-28(42)24-18-37(36-35-24)31(4,5)29(43)44)27(41)33-22(26(40)32-17-25(38)39)15-19-9-7-6-8-10-19/h6-14,18,22-23H,15-17H2,1-5H3,(H,32,40)(H,33,41)(H,34,42)(H,38,39)(H,43,44)/t22-,23-/m0/s1. The molecule has 240 valence electrons. The molecule has 14 nitrogen and oxygen atoms in total. The summed E-state index contributed by atoms with van der Waals surface area (Å²) in [6.45, 7) is 7.84. The average Bonchev–Trinajstić information content (AvgIpc) is 3.47. The Morgan fingerprint density at radius 3 is 1.96 bits per heavy atom. The van der Waals surface area contributed by atoms with Crippen LogP contribution in [0.3, 0.4) is 0 Å². The molecule has 0 aliphatic heterocycles. The van der Waals surface area contributed by atoms with Crippen LogP contribution >= 0.6 is 0 Å². The summed E-state index contributed by atoms with van der Waals surface area (Å²) in [4.78, 5) is 62.6. The Bertz CT molecular complexity index is 1510. The predicted molar refractivity (Wildman–Crippen MR) is 161 cm³/mol. The molecule has 0 bridgehead atoms. The van der Waals surface area contributed by atoms with E-state index in [9.17, 15) is 29.1 Å². The van der Waals surface area contributed by atoms with E-state index in [1.165, 1.54) is 13.8 Å². The molecule has 0 aliphatic carbocycles. The molecule has 0 aliphatic rings. The molecule has 0 unspecified atom stereocenters. The lowest BCUT2D eigenvalue weighted by Gasteiger charge is -2.24. The van der Waals surface area contributed by atoms with Crippen molar-refractivity contribution in [3.8, 4) is 5.75 Å². The summed E-state index contributed by atoms with van der Waals surface area (Å²) in [5.41, 5.74) is -0.786. The highest BCUT2D eigenvalue weighted by Crippen LogP contribution is 2.20. The van der Waals surface area contributed by atoms with Crippen molar-refractivity contribution in [2.75, 3.05) is 6.54 Å². The van der Waals surface area contributed by atoms with E-state index < -0.39 is 59.4 Å². The monoisotopic (exact) mass is 622 g/mol. The number of nitrogens with zero attached hydrogens (tertiary/aromatic N) is 3. The Labute approximate surface area is 260 Å². The van der Waals surface area contributed by atoms with Crippen molar-refractivity contribution < 1.29 is 38.9 Å². The molecule has 2 aromatic carbocycles. The van der Waals surface area contributed by atoms with Crippen molar-refractivity contribution in [3.63, 3.8) is 0 Å². The van der Waals surface area contributed by atoms with Crippen LogP contribution in [-0.2, 0) is 37.6 Å². The number of carbonyl (C=O) groups excluding carboxylic acids is 3. The predicted octanol–water partition coefficient (Wildman–Crippen LogP) is 1.54. The average molecular weight is 623 g/mol. The summed E-state index contributed by atoms with van der Waals surface area (Å²) in [5, 5.41) is 33.6. The van der Waals surface area contributed by atoms with E-state index in [2.05, 4.69) is 26.3 Å². The Morgan fingerprint density at radius 2 is 1.40 bits per heavy atom. The molecular weight excluding hydrogens is 584 g/mol. The number of aliphatic carboxylic acids is 2. The first-order valence-corrected chi connectivity index (χ1v) is 14.1. The number of carboxylic acid groups (broad SMARTS) is 2.